The van der Waals surface area contributed by atoms with Crippen LogP contribution in [-0.2, 0) is 14.5 Å². The van der Waals surface area contributed by atoms with E-state index in [4.69, 9.17) is 14.5 Å². The molecule has 0 rings (SSSR count). The van der Waals surface area contributed by atoms with Crippen LogP contribution in [0.15, 0.2) is 12.2 Å². The van der Waals surface area contributed by atoms with Gasteiger partial charge in [-0.1, -0.05) is 32.4 Å². The fourth-order valence-corrected chi connectivity index (χ4v) is 1.10. The Bertz CT molecular complexity index is 146. The Labute approximate surface area is 93.3 Å². The van der Waals surface area contributed by atoms with E-state index in [1.54, 1.807) is 7.11 Å². The molecule has 0 N–H and O–H groups in total. The fourth-order valence-electron chi connectivity index (χ4n) is 1.10. The molecule has 0 radical (unpaired) electrons. The maximum Gasteiger partial charge on any atom is 0.190 e. The molecular weight excluding hydrogens is 192 g/mol. The standard InChI is InChI=1S/C12H24O3/c1-4-6-8-9-11-14-15-12(13-3)10-7-5-2/h6,8,12H,4-5,7,9-11H2,1-3H3/b8-6+. The molecule has 1 atom stereocenters. The van der Waals surface area contributed by atoms with Crippen molar-refractivity contribution in [3.05, 3.63) is 12.2 Å². The van der Waals surface area contributed by atoms with E-state index in [9.17, 15) is 0 Å². The Balaban J connectivity index is 3.33. The Morgan fingerprint density at radius 1 is 1.20 bits per heavy atom. The topological polar surface area (TPSA) is 27.7 Å². The van der Waals surface area contributed by atoms with Crippen molar-refractivity contribution in [2.24, 2.45) is 0 Å². The molecular formula is C12H24O3. The molecule has 0 aromatic heterocycles. The van der Waals surface area contributed by atoms with Gasteiger partial charge in [0, 0.05) is 13.5 Å². The van der Waals surface area contributed by atoms with Crippen LogP contribution in [-0.4, -0.2) is 20.0 Å². The summed E-state index contributed by atoms with van der Waals surface area (Å²) >= 11 is 0. The van der Waals surface area contributed by atoms with Crippen LogP contribution in [0, 0.1) is 0 Å². The van der Waals surface area contributed by atoms with Gasteiger partial charge in [-0.15, -0.1) is 0 Å². The molecule has 90 valence electrons. The van der Waals surface area contributed by atoms with Crippen LogP contribution >= 0.6 is 0 Å². The summed E-state index contributed by atoms with van der Waals surface area (Å²) in [5.74, 6) is 0. The lowest BCUT2D eigenvalue weighted by Gasteiger charge is -2.13. The quantitative estimate of drug-likeness (QED) is 0.184. The number of allylic oxidation sites excluding steroid dienone is 1. The van der Waals surface area contributed by atoms with E-state index in [1.165, 1.54) is 0 Å². The van der Waals surface area contributed by atoms with Crippen LogP contribution in [0.3, 0.4) is 0 Å². The average molecular weight is 216 g/mol. The molecule has 0 fully saturated rings. The molecule has 0 aromatic rings. The Kier molecular flexibility index (Phi) is 11.4. The molecule has 0 saturated carbocycles. The first kappa shape index (κ1) is 14.6. The van der Waals surface area contributed by atoms with Crippen LogP contribution in [0.4, 0.5) is 0 Å². The molecule has 3 heteroatoms. The zero-order valence-corrected chi connectivity index (χ0v) is 10.2. The van der Waals surface area contributed by atoms with Gasteiger partial charge in [0.15, 0.2) is 6.29 Å². The van der Waals surface area contributed by atoms with Crippen LogP contribution in [0.2, 0.25) is 0 Å². The summed E-state index contributed by atoms with van der Waals surface area (Å²) in [7, 11) is 1.64. The van der Waals surface area contributed by atoms with Gasteiger partial charge < -0.3 is 4.74 Å². The molecule has 0 spiro atoms. The normalized spacial score (nSPS) is 13.5. The predicted molar refractivity (Wildman–Crippen MR) is 61.4 cm³/mol. The minimum atomic E-state index is -0.222. The first-order valence-corrected chi connectivity index (χ1v) is 5.81. The molecule has 0 saturated heterocycles. The highest BCUT2D eigenvalue weighted by Gasteiger charge is 2.06. The number of unbranched alkanes of at least 4 members (excludes halogenated alkanes) is 1. The minimum absolute atomic E-state index is 0.222. The van der Waals surface area contributed by atoms with Crippen molar-refractivity contribution in [1.82, 2.24) is 0 Å². The van der Waals surface area contributed by atoms with Crippen molar-refractivity contribution in [1.29, 1.82) is 0 Å². The molecule has 0 bridgehead atoms. The molecule has 0 amide bonds. The van der Waals surface area contributed by atoms with E-state index in [0.29, 0.717) is 6.61 Å². The van der Waals surface area contributed by atoms with Gasteiger partial charge >= 0.3 is 0 Å². The number of rotatable bonds is 10. The first-order chi connectivity index (χ1) is 7.35. The highest BCUT2D eigenvalue weighted by Crippen LogP contribution is 2.06. The molecule has 1 unspecified atom stereocenters. The average Bonchev–Trinajstić information content (AvgIpc) is 2.27. The van der Waals surface area contributed by atoms with Crippen molar-refractivity contribution in [3.8, 4) is 0 Å². The maximum atomic E-state index is 5.12. The largest absolute Gasteiger partial charge is 0.353 e. The lowest BCUT2D eigenvalue weighted by molar-refractivity contribution is -0.374. The summed E-state index contributed by atoms with van der Waals surface area (Å²) in [6, 6.07) is 0. The van der Waals surface area contributed by atoms with Crippen molar-refractivity contribution < 1.29 is 14.5 Å². The van der Waals surface area contributed by atoms with E-state index < -0.39 is 0 Å². The van der Waals surface area contributed by atoms with Gasteiger partial charge in [0.25, 0.3) is 0 Å². The zero-order chi connectivity index (χ0) is 11.4. The Morgan fingerprint density at radius 2 is 2.00 bits per heavy atom. The predicted octanol–water partition coefficient (Wildman–Crippen LogP) is 3.45. The molecule has 0 aliphatic carbocycles. The van der Waals surface area contributed by atoms with Gasteiger partial charge in [-0.2, -0.15) is 0 Å². The van der Waals surface area contributed by atoms with Crippen molar-refractivity contribution >= 4 is 0 Å². The fraction of sp³-hybridized carbons (Fsp3) is 0.833. The van der Waals surface area contributed by atoms with Crippen LogP contribution in [0.1, 0.15) is 46.0 Å². The second-order valence-electron chi connectivity index (χ2n) is 3.39. The monoisotopic (exact) mass is 216 g/mol. The van der Waals surface area contributed by atoms with Gasteiger partial charge in [-0.05, 0) is 19.3 Å². The van der Waals surface area contributed by atoms with Gasteiger partial charge in [-0.3, -0.25) is 0 Å². The van der Waals surface area contributed by atoms with Gasteiger partial charge in [-0.25, -0.2) is 9.78 Å². The molecule has 0 aliphatic rings. The van der Waals surface area contributed by atoms with Crippen molar-refractivity contribution in [2.75, 3.05) is 13.7 Å². The third kappa shape index (κ3) is 9.91. The van der Waals surface area contributed by atoms with E-state index in [2.05, 4.69) is 26.0 Å². The SMILES string of the molecule is CC/C=C/CCOOC(CCCC)OC. The summed E-state index contributed by atoms with van der Waals surface area (Å²) in [4.78, 5) is 10.2. The van der Waals surface area contributed by atoms with Crippen LogP contribution in [0.5, 0.6) is 0 Å². The summed E-state index contributed by atoms with van der Waals surface area (Å²) in [5.41, 5.74) is 0. The van der Waals surface area contributed by atoms with Crippen molar-refractivity contribution in [3.63, 3.8) is 0 Å². The van der Waals surface area contributed by atoms with Gasteiger partial charge in [0.05, 0.1) is 6.61 Å². The highest BCUT2D eigenvalue weighted by molar-refractivity contribution is 4.79. The van der Waals surface area contributed by atoms with Crippen LogP contribution < -0.4 is 0 Å². The van der Waals surface area contributed by atoms with E-state index >= 15 is 0 Å². The lowest BCUT2D eigenvalue weighted by Crippen LogP contribution is -2.15. The zero-order valence-electron chi connectivity index (χ0n) is 10.2. The minimum Gasteiger partial charge on any atom is -0.353 e. The second kappa shape index (κ2) is 11.7. The third-order valence-corrected chi connectivity index (χ3v) is 2.00. The smallest absolute Gasteiger partial charge is 0.190 e. The highest BCUT2D eigenvalue weighted by atomic mass is 17.2. The third-order valence-electron chi connectivity index (χ3n) is 2.00. The molecule has 0 aromatic carbocycles. The first-order valence-electron chi connectivity index (χ1n) is 5.81. The summed E-state index contributed by atoms with van der Waals surface area (Å²) in [6.45, 7) is 4.84. The second-order valence-corrected chi connectivity index (χ2v) is 3.39. The molecule has 15 heavy (non-hydrogen) atoms. The number of methoxy groups -OCH3 is 1. The summed E-state index contributed by atoms with van der Waals surface area (Å²) in [6.07, 6.45) is 9.07. The Morgan fingerprint density at radius 3 is 2.60 bits per heavy atom. The van der Waals surface area contributed by atoms with E-state index in [0.717, 1.165) is 32.1 Å². The molecule has 0 aliphatic heterocycles. The lowest BCUT2D eigenvalue weighted by atomic mass is 10.2. The van der Waals surface area contributed by atoms with Crippen molar-refractivity contribution in [2.45, 2.75) is 52.2 Å². The Hall–Kier alpha value is -0.380. The number of ether oxygens (including phenoxy) is 1. The summed E-state index contributed by atoms with van der Waals surface area (Å²) < 4.78 is 5.11. The van der Waals surface area contributed by atoms with Gasteiger partial charge in [0.2, 0.25) is 0 Å². The number of hydrogen-bond donors (Lipinski definition) is 0. The number of hydrogen-bond acceptors (Lipinski definition) is 3. The van der Waals surface area contributed by atoms with Crippen LogP contribution in [0.25, 0.3) is 0 Å². The maximum absolute atomic E-state index is 5.12. The molecule has 0 heterocycles. The molecule has 3 nitrogen and oxygen atoms in total. The summed E-state index contributed by atoms with van der Waals surface area (Å²) in [5, 5.41) is 0. The van der Waals surface area contributed by atoms with Gasteiger partial charge in [0.1, 0.15) is 0 Å². The van der Waals surface area contributed by atoms with E-state index in [1.807, 2.05) is 0 Å². The van der Waals surface area contributed by atoms with E-state index in [-0.39, 0.29) is 6.29 Å².